The highest BCUT2D eigenvalue weighted by molar-refractivity contribution is 5.98. The zero-order valence-electron chi connectivity index (χ0n) is 20.9. The van der Waals surface area contributed by atoms with Gasteiger partial charge in [-0.1, -0.05) is 0 Å². The van der Waals surface area contributed by atoms with Gasteiger partial charge in [0.1, 0.15) is 22.9 Å². The van der Waals surface area contributed by atoms with Crippen molar-refractivity contribution in [1.82, 2.24) is 19.8 Å². The molecule has 1 aromatic carbocycles. The lowest BCUT2D eigenvalue weighted by Gasteiger charge is -2.34. The number of nitrogens with one attached hydrogen (secondary N) is 1. The Bertz CT molecular complexity index is 1490. The summed E-state index contributed by atoms with van der Waals surface area (Å²) < 4.78 is 70.9. The van der Waals surface area contributed by atoms with Gasteiger partial charge in [0.15, 0.2) is 17.3 Å². The molecule has 1 fully saturated rings. The third kappa shape index (κ3) is 5.28. The van der Waals surface area contributed by atoms with E-state index in [1.165, 1.54) is 21.9 Å². The molecule has 39 heavy (non-hydrogen) atoms. The number of aliphatic hydroxyl groups is 1. The molecule has 0 unspecified atom stereocenters. The van der Waals surface area contributed by atoms with Gasteiger partial charge in [-0.3, -0.25) is 19.1 Å². The zero-order chi connectivity index (χ0) is 28.6. The van der Waals surface area contributed by atoms with Crippen molar-refractivity contribution < 1.29 is 36.6 Å². The molecule has 1 saturated heterocycles. The van der Waals surface area contributed by atoms with E-state index in [-0.39, 0.29) is 36.5 Å². The van der Waals surface area contributed by atoms with E-state index in [0.29, 0.717) is 29.7 Å². The van der Waals surface area contributed by atoms with Crippen molar-refractivity contribution in [3.8, 4) is 5.69 Å². The van der Waals surface area contributed by atoms with E-state index in [4.69, 9.17) is 0 Å². The fourth-order valence-corrected chi connectivity index (χ4v) is 4.18. The van der Waals surface area contributed by atoms with Gasteiger partial charge in [-0.2, -0.15) is 0 Å². The average molecular weight is 553 g/mol. The van der Waals surface area contributed by atoms with Crippen LogP contribution in [-0.4, -0.2) is 69.7 Å². The van der Waals surface area contributed by atoms with E-state index in [1.54, 1.807) is 0 Å². The number of nitrogens with zero attached hydrogens (tertiary/aromatic N) is 4. The number of halogens is 5. The van der Waals surface area contributed by atoms with E-state index < -0.39 is 58.0 Å². The fourth-order valence-electron chi connectivity index (χ4n) is 4.18. The summed E-state index contributed by atoms with van der Waals surface area (Å²) in [5, 5.41) is 10.9. The second-order valence-electron chi connectivity index (χ2n) is 9.48. The molecule has 2 aromatic heterocycles. The topological polar surface area (TPSA) is 108 Å². The number of fused-ring (bicyclic) bond motifs is 1. The molecule has 9 nitrogen and oxygen atoms in total. The maximum Gasteiger partial charge on any atom is 0.325 e. The SMILES string of the molecule is CC(C)(NC(=O)c1cn(-c2c(F)cc(F)cc2F)c2nc(N3CCCN(CCO)C3=O)ccc2c1=O)C(F)F. The third-order valence-corrected chi connectivity index (χ3v) is 6.24. The van der Waals surface area contributed by atoms with Gasteiger partial charge in [-0.25, -0.2) is 31.7 Å². The van der Waals surface area contributed by atoms with Crippen LogP contribution >= 0.6 is 0 Å². The minimum absolute atomic E-state index is 0.00209. The molecule has 0 atom stereocenters. The number of hydrogen-bond acceptors (Lipinski definition) is 5. The second kappa shape index (κ2) is 10.6. The Labute approximate surface area is 218 Å². The first-order valence-corrected chi connectivity index (χ1v) is 11.8. The maximum atomic E-state index is 14.9. The predicted molar refractivity (Wildman–Crippen MR) is 131 cm³/mol. The van der Waals surface area contributed by atoms with Crippen molar-refractivity contribution in [2.45, 2.75) is 32.2 Å². The smallest absolute Gasteiger partial charge is 0.325 e. The lowest BCUT2D eigenvalue weighted by atomic mass is 10.1. The van der Waals surface area contributed by atoms with Crippen molar-refractivity contribution in [1.29, 1.82) is 0 Å². The van der Waals surface area contributed by atoms with Gasteiger partial charge in [-0.15, -0.1) is 0 Å². The molecule has 0 bridgehead atoms. The van der Waals surface area contributed by atoms with Crippen molar-refractivity contribution in [2.75, 3.05) is 31.1 Å². The Morgan fingerprint density at radius 2 is 1.79 bits per heavy atom. The molecule has 0 radical (unpaired) electrons. The summed E-state index contributed by atoms with van der Waals surface area (Å²) in [6.45, 7) is 2.43. The predicted octanol–water partition coefficient (Wildman–Crippen LogP) is 3.20. The standard InChI is InChI=1S/C25H24F5N5O4/c1-25(2,23(29)30)32-22(38)15-12-35(19-16(27)10-13(26)11-17(19)28)21-14(20(15)37)4-5-18(31-21)34-7-3-6-33(8-9-36)24(34)39/h4-5,10-12,23,36H,3,6-9H2,1-2H3,(H,32,38). The molecule has 0 aliphatic carbocycles. The number of urea groups is 1. The number of alkyl halides is 2. The molecule has 4 rings (SSSR count). The third-order valence-electron chi connectivity index (χ3n) is 6.24. The Balaban J connectivity index is 1.95. The number of anilines is 1. The molecular formula is C25H24F5N5O4. The molecular weight excluding hydrogens is 529 g/mol. The first kappa shape index (κ1) is 28.0. The summed E-state index contributed by atoms with van der Waals surface area (Å²) in [5.41, 5.74) is -5.01. The molecule has 1 aliphatic rings. The quantitative estimate of drug-likeness (QED) is 0.437. The Morgan fingerprint density at radius 1 is 1.13 bits per heavy atom. The minimum Gasteiger partial charge on any atom is -0.395 e. The number of aromatic nitrogens is 2. The number of rotatable bonds is 7. The van der Waals surface area contributed by atoms with Gasteiger partial charge in [0, 0.05) is 38.0 Å². The summed E-state index contributed by atoms with van der Waals surface area (Å²) >= 11 is 0. The lowest BCUT2D eigenvalue weighted by Crippen LogP contribution is -2.50. The summed E-state index contributed by atoms with van der Waals surface area (Å²) in [4.78, 5) is 46.0. The maximum absolute atomic E-state index is 14.9. The number of carbonyl (C=O) groups is 2. The van der Waals surface area contributed by atoms with Gasteiger partial charge >= 0.3 is 6.03 Å². The summed E-state index contributed by atoms with van der Waals surface area (Å²) in [5.74, 6) is -5.26. The Hall–Kier alpha value is -4.07. The summed E-state index contributed by atoms with van der Waals surface area (Å²) in [7, 11) is 0. The van der Waals surface area contributed by atoms with Crippen LogP contribution in [0.2, 0.25) is 0 Å². The molecule has 3 heterocycles. The number of carbonyl (C=O) groups excluding carboxylic acids is 2. The molecule has 0 spiro atoms. The first-order chi connectivity index (χ1) is 18.4. The van der Waals surface area contributed by atoms with Crippen LogP contribution in [0.5, 0.6) is 0 Å². The summed E-state index contributed by atoms with van der Waals surface area (Å²) in [6.07, 6.45) is -1.76. The molecule has 14 heteroatoms. The van der Waals surface area contributed by atoms with Crippen molar-refractivity contribution in [3.05, 3.63) is 63.7 Å². The van der Waals surface area contributed by atoms with Gasteiger partial charge in [0.25, 0.3) is 12.3 Å². The van der Waals surface area contributed by atoms with E-state index in [2.05, 4.69) is 4.98 Å². The van der Waals surface area contributed by atoms with E-state index in [9.17, 15) is 41.4 Å². The van der Waals surface area contributed by atoms with E-state index in [1.807, 2.05) is 5.32 Å². The van der Waals surface area contributed by atoms with Crippen LogP contribution in [0.4, 0.5) is 32.6 Å². The van der Waals surface area contributed by atoms with Crippen molar-refractivity contribution >= 4 is 28.8 Å². The lowest BCUT2D eigenvalue weighted by molar-refractivity contribution is 0.0447. The minimum atomic E-state index is -3.01. The second-order valence-corrected chi connectivity index (χ2v) is 9.48. The Kier molecular flexibility index (Phi) is 7.59. The number of hydrogen-bond donors (Lipinski definition) is 2. The van der Waals surface area contributed by atoms with Crippen LogP contribution in [0.15, 0.2) is 35.3 Å². The molecule has 2 N–H and O–H groups in total. The van der Waals surface area contributed by atoms with E-state index >= 15 is 0 Å². The van der Waals surface area contributed by atoms with E-state index in [0.717, 1.165) is 20.0 Å². The van der Waals surface area contributed by atoms with Crippen molar-refractivity contribution in [3.63, 3.8) is 0 Å². The normalized spacial score (nSPS) is 14.4. The fraction of sp³-hybridized carbons (Fsp3) is 0.360. The highest BCUT2D eigenvalue weighted by atomic mass is 19.3. The van der Waals surface area contributed by atoms with Crippen LogP contribution in [0.3, 0.4) is 0 Å². The number of β-amino-alcohol motifs (C(OH)–C–C–N with tert-alkyl or cyclic N) is 1. The molecule has 3 aromatic rings. The highest BCUT2D eigenvalue weighted by Crippen LogP contribution is 2.26. The largest absolute Gasteiger partial charge is 0.395 e. The number of amides is 3. The monoisotopic (exact) mass is 553 g/mol. The van der Waals surface area contributed by atoms with Crippen molar-refractivity contribution in [2.24, 2.45) is 0 Å². The van der Waals surface area contributed by atoms with Gasteiger partial charge in [0.05, 0.1) is 17.5 Å². The number of benzene rings is 1. The first-order valence-electron chi connectivity index (χ1n) is 11.8. The highest BCUT2D eigenvalue weighted by Gasteiger charge is 2.33. The van der Waals surface area contributed by atoms with Crippen LogP contribution in [0.1, 0.15) is 30.6 Å². The number of aliphatic hydroxyl groups excluding tert-OH is 1. The van der Waals surface area contributed by atoms with Crippen LogP contribution < -0.4 is 15.6 Å². The van der Waals surface area contributed by atoms with Crippen LogP contribution in [-0.2, 0) is 0 Å². The molecule has 1 aliphatic heterocycles. The molecule has 3 amide bonds. The summed E-state index contributed by atoms with van der Waals surface area (Å²) in [6, 6.07) is 2.74. The molecule has 208 valence electrons. The number of pyridine rings is 2. The van der Waals surface area contributed by atoms with Crippen LogP contribution in [0, 0.1) is 17.5 Å². The Morgan fingerprint density at radius 3 is 2.41 bits per heavy atom. The van der Waals surface area contributed by atoms with Gasteiger partial charge in [0.2, 0.25) is 5.43 Å². The average Bonchev–Trinajstić information content (AvgIpc) is 2.85. The molecule has 0 saturated carbocycles. The zero-order valence-corrected chi connectivity index (χ0v) is 20.9. The van der Waals surface area contributed by atoms with Crippen LogP contribution in [0.25, 0.3) is 16.7 Å². The van der Waals surface area contributed by atoms with Gasteiger partial charge < -0.3 is 15.3 Å². The van der Waals surface area contributed by atoms with Gasteiger partial charge in [-0.05, 0) is 32.4 Å².